The molecule has 0 unspecified atom stereocenters. The second-order valence-corrected chi connectivity index (χ2v) is 12.8. The van der Waals surface area contributed by atoms with Crippen LogP contribution in [0.4, 0.5) is 0 Å². The summed E-state index contributed by atoms with van der Waals surface area (Å²) in [5, 5.41) is 7.82. The van der Waals surface area contributed by atoms with E-state index in [-0.39, 0.29) is 0 Å². The number of benzene rings is 7. The van der Waals surface area contributed by atoms with Gasteiger partial charge in [-0.25, -0.2) is 0 Å². The second kappa shape index (κ2) is 9.43. The van der Waals surface area contributed by atoms with E-state index in [1.807, 2.05) is 11.3 Å². The summed E-state index contributed by atoms with van der Waals surface area (Å²) in [6, 6.07) is 57.5. The van der Waals surface area contributed by atoms with Crippen LogP contribution in [0.5, 0.6) is 0 Å². The highest BCUT2D eigenvalue weighted by Gasteiger charge is 2.21. The SMILES string of the molecule is c1ccc(-c2cccc(-n3c4ccccc4c4cc5c6c7sc8ccccc8c7ccc6n(-c6ccccc6)c5cc43)c2)cc1. The van der Waals surface area contributed by atoms with Gasteiger partial charge in [-0.05, 0) is 65.7 Å². The molecule has 0 aliphatic carbocycles. The molecule has 0 radical (unpaired) electrons. The highest BCUT2D eigenvalue weighted by Crippen LogP contribution is 2.45. The Kier molecular flexibility index (Phi) is 5.19. The van der Waals surface area contributed by atoms with Gasteiger partial charge in [-0.1, -0.05) is 103 Å². The second-order valence-electron chi connectivity index (χ2n) is 11.8. The molecular weight excluding hydrogens is 565 g/mol. The van der Waals surface area contributed by atoms with Gasteiger partial charge >= 0.3 is 0 Å². The minimum absolute atomic E-state index is 1.16. The average Bonchev–Trinajstić information content (AvgIpc) is 3.75. The molecule has 0 aliphatic heterocycles. The maximum atomic E-state index is 2.45. The zero-order valence-corrected chi connectivity index (χ0v) is 25.1. The van der Waals surface area contributed by atoms with Crippen LogP contribution in [0.1, 0.15) is 0 Å². The number of thiophene rings is 1. The Balaban J connectivity index is 1.37. The van der Waals surface area contributed by atoms with Gasteiger partial charge in [0.15, 0.2) is 0 Å². The Labute approximate surface area is 263 Å². The van der Waals surface area contributed by atoms with Crippen LogP contribution in [0.25, 0.3) is 86.3 Å². The number of hydrogen-bond donors (Lipinski definition) is 0. The van der Waals surface area contributed by atoms with Gasteiger partial charge in [0.05, 0.1) is 22.1 Å². The molecule has 10 rings (SSSR count). The maximum absolute atomic E-state index is 2.45. The molecule has 0 amide bonds. The Morgan fingerprint density at radius 3 is 1.89 bits per heavy atom. The van der Waals surface area contributed by atoms with E-state index in [0.717, 1.165) is 5.69 Å². The van der Waals surface area contributed by atoms with E-state index < -0.39 is 0 Å². The molecule has 0 saturated carbocycles. The number of aromatic nitrogens is 2. The number of nitrogens with zero attached hydrogens (tertiary/aromatic N) is 2. The molecule has 7 aromatic carbocycles. The lowest BCUT2D eigenvalue weighted by Crippen LogP contribution is -1.96. The van der Waals surface area contributed by atoms with E-state index in [9.17, 15) is 0 Å². The van der Waals surface area contributed by atoms with Crippen molar-refractivity contribution < 1.29 is 0 Å². The van der Waals surface area contributed by atoms with Crippen molar-refractivity contribution in [1.29, 1.82) is 0 Å². The van der Waals surface area contributed by atoms with Crippen molar-refractivity contribution in [2.45, 2.75) is 0 Å². The van der Waals surface area contributed by atoms with E-state index in [1.165, 1.54) is 80.6 Å². The fourth-order valence-corrected chi connectivity index (χ4v) is 8.59. The van der Waals surface area contributed by atoms with Crippen LogP contribution >= 0.6 is 11.3 Å². The lowest BCUT2D eigenvalue weighted by atomic mass is 10.1. The van der Waals surface area contributed by atoms with Gasteiger partial charge in [-0.15, -0.1) is 11.3 Å². The maximum Gasteiger partial charge on any atom is 0.0562 e. The smallest absolute Gasteiger partial charge is 0.0562 e. The Morgan fingerprint density at radius 2 is 1.02 bits per heavy atom. The van der Waals surface area contributed by atoms with Gasteiger partial charge < -0.3 is 9.13 Å². The summed E-state index contributed by atoms with van der Waals surface area (Å²) in [7, 11) is 0. The van der Waals surface area contributed by atoms with E-state index in [1.54, 1.807) is 0 Å². The van der Waals surface area contributed by atoms with Crippen molar-refractivity contribution in [1.82, 2.24) is 9.13 Å². The van der Waals surface area contributed by atoms with Crippen LogP contribution in [-0.4, -0.2) is 9.13 Å². The van der Waals surface area contributed by atoms with Crippen LogP contribution in [0.3, 0.4) is 0 Å². The summed E-state index contributed by atoms with van der Waals surface area (Å²) in [5.41, 5.74) is 9.66. The predicted octanol–water partition coefficient (Wildman–Crippen LogP) is 11.9. The quantitative estimate of drug-likeness (QED) is 0.194. The van der Waals surface area contributed by atoms with Crippen LogP contribution in [0.15, 0.2) is 158 Å². The summed E-state index contributed by atoms with van der Waals surface area (Å²) < 4.78 is 7.58. The molecule has 2 nitrogen and oxygen atoms in total. The third kappa shape index (κ3) is 3.56. The van der Waals surface area contributed by atoms with E-state index in [0.29, 0.717) is 0 Å². The number of rotatable bonds is 3. The molecule has 3 heterocycles. The number of para-hydroxylation sites is 2. The van der Waals surface area contributed by atoms with Gasteiger partial charge in [-0.2, -0.15) is 0 Å². The standard InChI is InChI=1S/C42H26N2S/c1-3-12-27(13-4-1)28-14-11-17-30(24-28)44-36-20-9-7-18-31(36)34-25-35-39(26-38(34)44)43(29-15-5-2-6-16-29)37-23-22-33-32-19-8-10-21-40(32)45-42(33)41(35)37/h1-26H. The third-order valence-electron chi connectivity index (χ3n) is 9.29. The van der Waals surface area contributed by atoms with Crippen molar-refractivity contribution in [3.8, 4) is 22.5 Å². The fraction of sp³-hybridized carbons (Fsp3) is 0. The van der Waals surface area contributed by atoms with Gasteiger partial charge in [0, 0.05) is 53.1 Å². The summed E-state index contributed by atoms with van der Waals surface area (Å²) in [6.45, 7) is 0. The molecule has 0 atom stereocenters. The molecule has 45 heavy (non-hydrogen) atoms. The molecule has 0 bridgehead atoms. The fourth-order valence-electron chi connectivity index (χ4n) is 7.33. The Morgan fingerprint density at radius 1 is 0.356 bits per heavy atom. The number of hydrogen-bond acceptors (Lipinski definition) is 1. The minimum Gasteiger partial charge on any atom is -0.309 e. The summed E-state index contributed by atoms with van der Waals surface area (Å²) >= 11 is 1.91. The van der Waals surface area contributed by atoms with Crippen LogP contribution < -0.4 is 0 Å². The summed E-state index contributed by atoms with van der Waals surface area (Å²) in [6.07, 6.45) is 0. The van der Waals surface area contributed by atoms with Crippen molar-refractivity contribution in [3.63, 3.8) is 0 Å². The zero-order chi connectivity index (χ0) is 29.5. The first-order valence-corrected chi connectivity index (χ1v) is 16.2. The molecule has 0 N–H and O–H groups in total. The average molecular weight is 591 g/mol. The topological polar surface area (TPSA) is 9.86 Å². The van der Waals surface area contributed by atoms with Crippen molar-refractivity contribution in [2.75, 3.05) is 0 Å². The van der Waals surface area contributed by atoms with E-state index >= 15 is 0 Å². The van der Waals surface area contributed by atoms with Crippen molar-refractivity contribution >= 4 is 75.1 Å². The van der Waals surface area contributed by atoms with Gasteiger partial charge in [0.25, 0.3) is 0 Å². The summed E-state index contributed by atoms with van der Waals surface area (Å²) in [5.74, 6) is 0. The first kappa shape index (κ1) is 24.8. The van der Waals surface area contributed by atoms with Gasteiger partial charge in [0.2, 0.25) is 0 Å². The minimum atomic E-state index is 1.16. The van der Waals surface area contributed by atoms with Gasteiger partial charge in [-0.3, -0.25) is 0 Å². The van der Waals surface area contributed by atoms with Crippen LogP contribution in [0, 0.1) is 0 Å². The monoisotopic (exact) mass is 590 g/mol. The Hall–Kier alpha value is -5.64. The van der Waals surface area contributed by atoms with Crippen molar-refractivity contribution in [3.05, 3.63) is 158 Å². The predicted molar refractivity (Wildman–Crippen MR) is 193 cm³/mol. The van der Waals surface area contributed by atoms with E-state index in [4.69, 9.17) is 0 Å². The highest BCUT2D eigenvalue weighted by molar-refractivity contribution is 7.26. The lowest BCUT2D eigenvalue weighted by Gasteiger charge is -2.11. The molecule has 3 aromatic heterocycles. The van der Waals surface area contributed by atoms with Crippen LogP contribution in [0.2, 0.25) is 0 Å². The zero-order valence-electron chi connectivity index (χ0n) is 24.3. The van der Waals surface area contributed by atoms with Crippen LogP contribution in [-0.2, 0) is 0 Å². The highest BCUT2D eigenvalue weighted by atomic mass is 32.1. The normalized spacial score (nSPS) is 12.0. The molecule has 3 heteroatoms. The first-order valence-electron chi connectivity index (χ1n) is 15.4. The molecule has 10 aromatic rings. The van der Waals surface area contributed by atoms with E-state index in [2.05, 4.69) is 167 Å². The largest absolute Gasteiger partial charge is 0.309 e. The molecule has 0 saturated heterocycles. The molecule has 0 aliphatic rings. The summed E-state index contributed by atoms with van der Waals surface area (Å²) in [4.78, 5) is 0. The first-order chi connectivity index (χ1) is 22.3. The number of fused-ring (bicyclic) bond motifs is 10. The van der Waals surface area contributed by atoms with Gasteiger partial charge in [0.1, 0.15) is 0 Å². The molecule has 210 valence electrons. The molecule has 0 spiro atoms. The lowest BCUT2D eigenvalue weighted by molar-refractivity contribution is 1.17. The molecule has 0 fully saturated rings. The van der Waals surface area contributed by atoms with Crippen molar-refractivity contribution in [2.24, 2.45) is 0 Å². The third-order valence-corrected chi connectivity index (χ3v) is 10.5. The molecular formula is C42H26N2S. The Bertz CT molecular complexity index is 2740.